The molecule has 2 bridgehead atoms. The van der Waals surface area contributed by atoms with Crippen molar-refractivity contribution in [2.75, 3.05) is 18.9 Å². The summed E-state index contributed by atoms with van der Waals surface area (Å²) >= 11 is 0. The van der Waals surface area contributed by atoms with Crippen molar-refractivity contribution in [3.8, 4) is 11.8 Å². The number of anilines is 1. The van der Waals surface area contributed by atoms with E-state index in [1.165, 1.54) is 0 Å². The largest absolute Gasteiger partial charge is 0.492 e. The number of pyridine rings is 1. The number of hydrogen-bond acceptors (Lipinski definition) is 7. The summed E-state index contributed by atoms with van der Waals surface area (Å²) in [6.45, 7) is 1.70. The van der Waals surface area contributed by atoms with Gasteiger partial charge in [-0.25, -0.2) is 4.98 Å². The van der Waals surface area contributed by atoms with Crippen molar-refractivity contribution < 1.29 is 9.47 Å². The first-order valence-corrected chi connectivity index (χ1v) is 7.99. The Labute approximate surface area is 138 Å². The van der Waals surface area contributed by atoms with Gasteiger partial charge in [-0.2, -0.15) is 9.97 Å². The lowest BCUT2D eigenvalue weighted by molar-refractivity contribution is 0.265. The minimum Gasteiger partial charge on any atom is -0.492 e. The molecular formula is C16H18N6O2. The smallest absolute Gasteiger partial charge is 0.320 e. The average molecular weight is 326 g/mol. The molecule has 0 saturated carbocycles. The van der Waals surface area contributed by atoms with Gasteiger partial charge in [0.25, 0.3) is 0 Å². The van der Waals surface area contributed by atoms with E-state index in [0.717, 1.165) is 30.7 Å². The Morgan fingerprint density at radius 3 is 2.83 bits per heavy atom. The molecule has 0 atom stereocenters. The molecule has 3 aromatic rings. The summed E-state index contributed by atoms with van der Waals surface area (Å²) in [6, 6.07) is 4.10. The second-order valence-corrected chi connectivity index (χ2v) is 5.64. The van der Waals surface area contributed by atoms with Gasteiger partial charge in [-0.05, 0) is 31.4 Å². The van der Waals surface area contributed by atoms with E-state index in [1.54, 1.807) is 12.5 Å². The lowest BCUT2D eigenvalue weighted by Gasteiger charge is -2.12. The van der Waals surface area contributed by atoms with E-state index in [0.29, 0.717) is 36.7 Å². The third-order valence-electron chi connectivity index (χ3n) is 3.92. The number of imidazole rings is 1. The fourth-order valence-electron chi connectivity index (χ4n) is 2.69. The van der Waals surface area contributed by atoms with Gasteiger partial charge in [0.05, 0.1) is 26.1 Å². The summed E-state index contributed by atoms with van der Waals surface area (Å²) in [5.74, 6) is 1.10. The highest BCUT2D eigenvalue weighted by Gasteiger charge is 2.15. The van der Waals surface area contributed by atoms with E-state index in [1.807, 2.05) is 16.7 Å². The molecule has 124 valence electrons. The molecule has 8 nitrogen and oxygen atoms in total. The Bertz CT molecular complexity index is 863. The van der Waals surface area contributed by atoms with Crippen LogP contribution in [-0.4, -0.2) is 37.7 Å². The van der Waals surface area contributed by atoms with Crippen molar-refractivity contribution in [1.29, 1.82) is 0 Å². The predicted octanol–water partition coefficient (Wildman–Crippen LogP) is 1.79. The summed E-state index contributed by atoms with van der Waals surface area (Å²) in [6.07, 6.45) is 6.30. The van der Waals surface area contributed by atoms with Gasteiger partial charge in [-0.3, -0.25) is 4.98 Å². The fourth-order valence-corrected chi connectivity index (χ4v) is 2.69. The first-order chi connectivity index (χ1) is 11.8. The lowest BCUT2D eigenvalue weighted by Crippen LogP contribution is -2.09. The van der Waals surface area contributed by atoms with E-state index < -0.39 is 0 Å². The zero-order valence-corrected chi connectivity index (χ0v) is 13.2. The molecule has 0 spiro atoms. The monoisotopic (exact) mass is 326 g/mol. The molecule has 0 saturated heterocycles. The highest BCUT2D eigenvalue weighted by molar-refractivity contribution is 5.81. The molecule has 0 unspecified atom stereocenters. The summed E-state index contributed by atoms with van der Waals surface area (Å²) < 4.78 is 13.4. The molecule has 24 heavy (non-hydrogen) atoms. The minimum absolute atomic E-state index is 0.288. The van der Waals surface area contributed by atoms with Gasteiger partial charge >= 0.3 is 6.01 Å². The van der Waals surface area contributed by atoms with Gasteiger partial charge in [-0.15, -0.1) is 0 Å². The third kappa shape index (κ3) is 2.82. The SMILES string of the molecule is Nc1nc2nc3c1ncn3Cc1ncccc1OCCCCCO2. The fraction of sp³-hybridized carbons (Fsp3) is 0.375. The van der Waals surface area contributed by atoms with Crippen LogP contribution in [0.25, 0.3) is 11.2 Å². The molecule has 3 aromatic heterocycles. The highest BCUT2D eigenvalue weighted by atomic mass is 16.5. The van der Waals surface area contributed by atoms with Crippen molar-refractivity contribution in [1.82, 2.24) is 24.5 Å². The maximum atomic E-state index is 5.99. The van der Waals surface area contributed by atoms with E-state index in [2.05, 4.69) is 19.9 Å². The zero-order valence-electron chi connectivity index (χ0n) is 13.2. The molecule has 4 heterocycles. The number of aromatic nitrogens is 5. The molecule has 1 aliphatic heterocycles. The van der Waals surface area contributed by atoms with E-state index in [4.69, 9.17) is 15.2 Å². The predicted molar refractivity (Wildman–Crippen MR) is 87.9 cm³/mol. The second kappa shape index (κ2) is 6.31. The van der Waals surface area contributed by atoms with Crippen LogP contribution in [0.5, 0.6) is 11.8 Å². The van der Waals surface area contributed by atoms with Crippen LogP contribution in [0.1, 0.15) is 25.0 Å². The number of nitrogens with two attached hydrogens (primary N) is 1. The number of rotatable bonds is 0. The molecule has 0 radical (unpaired) electrons. The quantitative estimate of drug-likeness (QED) is 0.672. The lowest BCUT2D eigenvalue weighted by atomic mass is 10.2. The number of nitrogens with zero attached hydrogens (tertiary/aromatic N) is 5. The molecule has 0 amide bonds. The third-order valence-corrected chi connectivity index (χ3v) is 3.92. The number of nitrogen functional groups attached to an aromatic ring is 1. The summed E-state index contributed by atoms with van der Waals surface area (Å²) in [7, 11) is 0. The van der Waals surface area contributed by atoms with E-state index in [-0.39, 0.29) is 6.01 Å². The Hall–Kier alpha value is -2.90. The van der Waals surface area contributed by atoms with Gasteiger partial charge in [0.2, 0.25) is 0 Å². The van der Waals surface area contributed by atoms with Crippen LogP contribution >= 0.6 is 0 Å². The number of fused-ring (bicyclic) bond motifs is 2. The van der Waals surface area contributed by atoms with Crippen LogP contribution in [-0.2, 0) is 6.54 Å². The van der Waals surface area contributed by atoms with Gasteiger partial charge in [0.15, 0.2) is 17.0 Å². The van der Waals surface area contributed by atoms with Crippen LogP contribution in [0.2, 0.25) is 0 Å². The molecule has 2 N–H and O–H groups in total. The van der Waals surface area contributed by atoms with Crippen LogP contribution in [0, 0.1) is 0 Å². The van der Waals surface area contributed by atoms with E-state index in [9.17, 15) is 0 Å². The van der Waals surface area contributed by atoms with Crippen LogP contribution in [0.4, 0.5) is 5.82 Å². The van der Waals surface area contributed by atoms with Gasteiger partial charge < -0.3 is 19.8 Å². The Kier molecular flexibility index (Phi) is 3.86. The topological polar surface area (TPSA) is 101 Å². The van der Waals surface area contributed by atoms with Gasteiger partial charge in [0.1, 0.15) is 11.4 Å². The Balaban J connectivity index is 1.79. The second-order valence-electron chi connectivity index (χ2n) is 5.64. The molecular weight excluding hydrogens is 308 g/mol. The van der Waals surface area contributed by atoms with Crippen LogP contribution < -0.4 is 15.2 Å². The summed E-state index contributed by atoms with van der Waals surface area (Å²) in [4.78, 5) is 17.4. The maximum Gasteiger partial charge on any atom is 0.320 e. The molecule has 0 aliphatic carbocycles. The van der Waals surface area contributed by atoms with Crippen LogP contribution in [0.3, 0.4) is 0 Å². The van der Waals surface area contributed by atoms with Gasteiger partial charge in [0, 0.05) is 6.20 Å². The molecule has 8 heteroatoms. The van der Waals surface area contributed by atoms with Crippen molar-refractivity contribution in [3.63, 3.8) is 0 Å². The molecule has 0 fully saturated rings. The molecule has 4 rings (SSSR count). The standard InChI is InChI=1S/C16H18N6O2/c17-14-13-15-21-16(20-14)24-8-3-1-2-7-23-12-5-4-6-18-11(12)9-22(15)10-19-13/h4-6,10H,1-3,7-9H2,(H2,17,20,21). The number of hydrogen-bond donors (Lipinski definition) is 1. The van der Waals surface area contributed by atoms with Crippen molar-refractivity contribution >= 4 is 17.0 Å². The first kappa shape index (κ1) is 14.7. The molecule has 0 aromatic carbocycles. The van der Waals surface area contributed by atoms with Crippen LogP contribution in [0.15, 0.2) is 24.7 Å². The number of ether oxygens (including phenoxy) is 2. The first-order valence-electron chi connectivity index (χ1n) is 7.99. The minimum atomic E-state index is 0.288. The van der Waals surface area contributed by atoms with Gasteiger partial charge in [-0.1, -0.05) is 0 Å². The van der Waals surface area contributed by atoms with Crippen molar-refractivity contribution in [2.24, 2.45) is 0 Å². The summed E-state index contributed by atoms with van der Waals surface area (Å²) in [5.41, 5.74) is 8.01. The van der Waals surface area contributed by atoms with Crippen molar-refractivity contribution in [3.05, 3.63) is 30.4 Å². The summed E-state index contributed by atoms with van der Waals surface area (Å²) in [5, 5.41) is 0. The highest BCUT2D eigenvalue weighted by Crippen LogP contribution is 2.23. The normalized spacial score (nSPS) is 15.3. The molecule has 1 aliphatic rings. The zero-order chi connectivity index (χ0) is 16.4. The Morgan fingerprint density at radius 1 is 1.04 bits per heavy atom. The van der Waals surface area contributed by atoms with Crippen molar-refractivity contribution in [2.45, 2.75) is 25.8 Å². The van der Waals surface area contributed by atoms with E-state index >= 15 is 0 Å². The average Bonchev–Trinajstić information content (AvgIpc) is 2.98. The maximum absolute atomic E-state index is 5.99. The Morgan fingerprint density at radius 2 is 1.92 bits per heavy atom.